The third-order valence-corrected chi connectivity index (χ3v) is 2.17. The monoisotopic (exact) mass is 191 g/mol. The van der Waals surface area contributed by atoms with Crippen LogP contribution in [-0.4, -0.2) is 11.1 Å². The van der Waals surface area contributed by atoms with E-state index in [0.29, 0.717) is 11.0 Å². The van der Waals surface area contributed by atoms with E-state index < -0.39 is 5.97 Å². The molecule has 1 aromatic heterocycles. The van der Waals surface area contributed by atoms with Crippen LogP contribution < -0.4 is 5.73 Å². The van der Waals surface area contributed by atoms with Gasteiger partial charge in [0.15, 0.2) is 0 Å². The van der Waals surface area contributed by atoms with Gasteiger partial charge in [0.05, 0.1) is 11.8 Å². The Morgan fingerprint density at radius 1 is 1.57 bits per heavy atom. The third kappa shape index (κ3) is 1.04. The number of benzene rings is 1. The molecule has 3 N–H and O–H groups in total. The summed E-state index contributed by atoms with van der Waals surface area (Å²) in [6.07, 6.45) is 1.46. The maximum absolute atomic E-state index is 10.9. The van der Waals surface area contributed by atoms with Crippen LogP contribution in [0.1, 0.15) is 15.9 Å². The fourth-order valence-electron chi connectivity index (χ4n) is 1.58. The van der Waals surface area contributed by atoms with Crippen LogP contribution in [0.15, 0.2) is 22.8 Å². The molecule has 2 rings (SSSR count). The summed E-state index contributed by atoms with van der Waals surface area (Å²) in [7, 11) is 0. The fourth-order valence-corrected chi connectivity index (χ4v) is 1.58. The summed E-state index contributed by atoms with van der Waals surface area (Å²) < 4.78 is 5.18. The van der Waals surface area contributed by atoms with Gasteiger partial charge in [-0.3, -0.25) is 0 Å². The molecule has 0 bridgehead atoms. The van der Waals surface area contributed by atoms with E-state index in [9.17, 15) is 4.79 Å². The highest BCUT2D eigenvalue weighted by molar-refractivity contribution is 6.07. The highest BCUT2D eigenvalue weighted by atomic mass is 16.4. The van der Waals surface area contributed by atoms with Crippen LogP contribution in [0.25, 0.3) is 11.0 Å². The zero-order valence-corrected chi connectivity index (χ0v) is 7.57. The number of carbonyl (C=O) groups is 1. The predicted molar refractivity (Wildman–Crippen MR) is 52.3 cm³/mol. The molecular formula is C10H9NO3. The van der Waals surface area contributed by atoms with E-state index in [1.54, 1.807) is 12.1 Å². The van der Waals surface area contributed by atoms with E-state index >= 15 is 0 Å². The van der Waals surface area contributed by atoms with Crippen molar-refractivity contribution in [2.45, 2.75) is 6.92 Å². The standard InChI is InChI=1S/C10H9NO3/c1-5-4-7(11)8(10(12)13)6-2-3-14-9(5)6/h2-4H,11H2,1H3,(H,12,13). The van der Waals surface area contributed by atoms with Crippen molar-refractivity contribution in [1.29, 1.82) is 0 Å². The van der Waals surface area contributed by atoms with Gasteiger partial charge in [-0.1, -0.05) is 0 Å². The highest BCUT2D eigenvalue weighted by Crippen LogP contribution is 2.28. The molecule has 0 aliphatic rings. The summed E-state index contributed by atoms with van der Waals surface area (Å²) in [5.41, 5.74) is 7.42. The molecule has 1 heterocycles. The van der Waals surface area contributed by atoms with Gasteiger partial charge in [-0.15, -0.1) is 0 Å². The SMILES string of the molecule is Cc1cc(N)c(C(=O)O)c2ccoc12. The van der Waals surface area contributed by atoms with Gasteiger partial charge in [0.1, 0.15) is 5.58 Å². The van der Waals surface area contributed by atoms with Gasteiger partial charge in [-0.25, -0.2) is 4.79 Å². The quantitative estimate of drug-likeness (QED) is 0.676. The lowest BCUT2D eigenvalue weighted by atomic mass is 10.0. The van der Waals surface area contributed by atoms with E-state index in [4.69, 9.17) is 15.3 Å². The number of fused-ring (bicyclic) bond motifs is 1. The minimum atomic E-state index is -1.03. The normalized spacial score (nSPS) is 10.6. The Morgan fingerprint density at radius 3 is 2.93 bits per heavy atom. The topological polar surface area (TPSA) is 76.5 Å². The zero-order valence-electron chi connectivity index (χ0n) is 7.57. The van der Waals surface area contributed by atoms with Gasteiger partial charge in [0.25, 0.3) is 0 Å². The number of nitrogens with two attached hydrogens (primary N) is 1. The minimum Gasteiger partial charge on any atom is -0.478 e. The number of hydrogen-bond acceptors (Lipinski definition) is 3. The summed E-state index contributed by atoms with van der Waals surface area (Å²) >= 11 is 0. The summed E-state index contributed by atoms with van der Waals surface area (Å²) in [5, 5.41) is 9.50. The summed E-state index contributed by atoms with van der Waals surface area (Å²) in [6.45, 7) is 1.83. The van der Waals surface area contributed by atoms with Crippen LogP contribution in [0.5, 0.6) is 0 Å². The largest absolute Gasteiger partial charge is 0.478 e. The predicted octanol–water partition coefficient (Wildman–Crippen LogP) is 2.02. The molecule has 0 fully saturated rings. The molecule has 0 unspecified atom stereocenters. The van der Waals surface area contributed by atoms with Crippen molar-refractivity contribution in [3.05, 3.63) is 29.5 Å². The van der Waals surface area contributed by atoms with Gasteiger partial charge in [-0.2, -0.15) is 0 Å². The molecule has 0 atom stereocenters. The molecular weight excluding hydrogens is 182 g/mol. The van der Waals surface area contributed by atoms with Gasteiger partial charge in [-0.05, 0) is 24.6 Å². The number of nitrogen functional groups attached to an aromatic ring is 1. The molecule has 14 heavy (non-hydrogen) atoms. The van der Waals surface area contributed by atoms with Crippen LogP contribution in [0.3, 0.4) is 0 Å². The van der Waals surface area contributed by atoms with Gasteiger partial charge in [0, 0.05) is 11.1 Å². The van der Waals surface area contributed by atoms with Crippen LogP contribution in [0.4, 0.5) is 5.69 Å². The average molecular weight is 191 g/mol. The van der Waals surface area contributed by atoms with Crippen molar-refractivity contribution in [2.24, 2.45) is 0 Å². The second-order valence-corrected chi connectivity index (χ2v) is 3.13. The van der Waals surface area contributed by atoms with Gasteiger partial charge >= 0.3 is 5.97 Å². The van der Waals surface area contributed by atoms with E-state index in [1.165, 1.54) is 6.26 Å². The molecule has 4 heteroatoms. The smallest absolute Gasteiger partial charge is 0.338 e. The molecule has 0 saturated carbocycles. The lowest BCUT2D eigenvalue weighted by Crippen LogP contribution is -2.03. The number of rotatable bonds is 1. The van der Waals surface area contributed by atoms with E-state index in [2.05, 4.69) is 0 Å². The number of anilines is 1. The maximum Gasteiger partial charge on any atom is 0.338 e. The van der Waals surface area contributed by atoms with Crippen molar-refractivity contribution < 1.29 is 14.3 Å². The average Bonchev–Trinajstić information content (AvgIpc) is 2.51. The lowest BCUT2D eigenvalue weighted by Gasteiger charge is -2.03. The van der Waals surface area contributed by atoms with Crippen molar-refractivity contribution in [2.75, 3.05) is 5.73 Å². The summed E-state index contributed by atoms with van der Waals surface area (Å²) in [6, 6.07) is 3.22. The van der Waals surface area contributed by atoms with Crippen molar-refractivity contribution in [1.82, 2.24) is 0 Å². The van der Waals surface area contributed by atoms with Crippen LogP contribution in [0, 0.1) is 6.92 Å². The second-order valence-electron chi connectivity index (χ2n) is 3.13. The molecule has 0 radical (unpaired) electrons. The number of carboxylic acids is 1. The Kier molecular flexibility index (Phi) is 1.70. The maximum atomic E-state index is 10.9. The van der Waals surface area contributed by atoms with Gasteiger partial charge < -0.3 is 15.3 Å². The molecule has 0 aliphatic heterocycles. The summed E-state index contributed by atoms with van der Waals surface area (Å²) in [4.78, 5) is 10.9. The number of carboxylic acid groups (broad SMARTS) is 1. The minimum absolute atomic E-state index is 0.111. The van der Waals surface area contributed by atoms with Crippen LogP contribution >= 0.6 is 0 Å². The summed E-state index contributed by atoms with van der Waals surface area (Å²) in [5.74, 6) is -1.03. The number of hydrogen-bond donors (Lipinski definition) is 2. The Hall–Kier alpha value is -1.97. The lowest BCUT2D eigenvalue weighted by molar-refractivity contribution is 0.0700. The van der Waals surface area contributed by atoms with Crippen molar-refractivity contribution in [3.8, 4) is 0 Å². The fraction of sp³-hybridized carbons (Fsp3) is 0.100. The first-order chi connectivity index (χ1) is 6.61. The number of aryl methyl sites for hydroxylation is 1. The zero-order chi connectivity index (χ0) is 10.3. The van der Waals surface area contributed by atoms with Crippen molar-refractivity contribution in [3.63, 3.8) is 0 Å². The number of aromatic carboxylic acids is 1. The second kappa shape index (κ2) is 2.77. The first-order valence-electron chi connectivity index (χ1n) is 4.11. The molecule has 4 nitrogen and oxygen atoms in total. The third-order valence-electron chi connectivity index (χ3n) is 2.17. The Balaban J connectivity index is 2.93. The van der Waals surface area contributed by atoms with E-state index in [-0.39, 0.29) is 11.3 Å². The molecule has 0 aliphatic carbocycles. The number of furan rings is 1. The Bertz CT molecular complexity index is 513. The van der Waals surface area contributed by atoms with Crippen LogP contribution in [0.2, 0.25) is 0 Å². The van der Waals surface area contributed by atoms with Crippen LogP contribution in [-0.2, 0) is 0 Å². The first kappa shape index (κ1) is 8.62. The Morgan fingerprint density at radius 2 is 2.29 bits per heavy atom. The van der Waals surface area contributed by atoms with Crippen molar-refractivity contribution >= 4 is 22.6 Å². The molecule has 0 spiro atoms. The molecule has 72 valence electrons. The van der Waals surface area contributed by atoms with E-state index in [1.807, 2.05) is 6.92 Å². The molecule has 1 aromatic carbocycles. The van der Waals surface area contributed by atoms with Gasteiger partial charge in [0.2, 0.25) is 0 Å². The first-order valence-corrected chi connectivity index (χ1v) is 4.11. The highest BCUT2D eigenvalue weighted by Gasteiger charge is 2.15. The molecule has 0 saturated heterocycles. The molecule has 2 aromatic rings. The Labute approximate surface area is 79.9 Å². The van der Waals surface area contributed by atoms with E-state index in [0.717, 1.165) is 5.56 Å². The molecule has 0 amide bonds.